The summed E-state index contributed by atoms with van der Waals surface area (Å²) in [5.41, 5.74) is -0.308. The van der Waals surface area contributed by atoms with Gasteiger partial charge >= 0.3 is 6.03 Å². The third kappa shape index (κ3) is 4.29. The largest absolute Gasteiger partial charge is 0.325 e. The highest BCUT2D eigenvalue weighted by molar-refractivity contribution is 7.99. The van der Waals surface area contributed by atoms with Crippen LogP contribution >= 0.6 is 11.8 Å². The Morgan fingerprint density at radius 3 is 2.44 bits per heavy atom. The van der Waals surface area contributed by atoms with Gasteiger partial charge in [-0.1, -0.05) is 48.2 Å². The number of amides is 4. The van der Waals surface area contributed by atoms with E-state index in [1.54, 1.807) is 13.0 Å². The molecule has 4 amide bonds. The number of carbonyl (C=O) groups is 3. The standard InChI is InChI=1S/C23H19F2N3O3S/c1-23(16-7-6-14-4-2-3-5-15(14)12-16)20(30)28(22(31)27-23)13-19(29)26-17-8-10-18(11-9-17)32-21(24)25/h2-12,21H,13H2,1H3,(H,26,29)(H,27,31). The van der Waals surface area contributed by atoms with E-state index in [1.165, 1.54) is 24.3 Å². The highest BCUT2D eigenvalue weighted by Crippen LogP contribution is 2.31. The maximum atomic E-state index is 13.1. The van der Waals surface area contributed by atoms with Gasteiger partial charge < -0.3 is 10.6 Å². The summed E-state index contributed by atoms with van der Waals surface area (Å²) in [4.78, 5) is 39.3. The van der Waals surface area contributed by atoms with Crippen LogP contribution in [0.4, 0.5) is 19.3 Å². The number of carbonyl (C=O) groups excluding carboxylic acids is 3. The van der Waals surface area contributed by atoms with E-state index in [9.17, 15) is 23.2 Å². The van der Waals surface area contributed by atoms with Crippen molar-refractivity contribution in [3.05, 3.63) is 72.3 Å². The molecule has 164 valence electrons. The van der Waals surface area contributed by atoms with E-state index in [2.05, 4.69) is 10.6 Å². The molecule has 1 saturated heterocycles. The fraction of sp³-hybridized carbons (Fsp3) is 0.174. The second kappa shape index (κ2) is 8.58. The topological polar surface area (TPSA) is 78.5 Å². The van der Waals surface area contributed by atoms with Crippen LogP contribution in [0.25, 0.3) is 10.8 Å². The first-order chi connectivity index (χ1) is 15.3. The van der Waals surface area contributed by atoms with Gasteiger partial charge in [0, 0.05) is 10.6 Å². The molecule has 9 heteroatoms. The van der Waals surface area contributed by atoms with Gasteiger partial charge in [0.05, 0.1) is 0 Å². The maximum absolute atomic E-state index is 13.1. The predicted octanol–water partition coefficient (Wildman–Crippen LogP) is 4.56. The monoisotopic (exact) mass is 455 g/mol. The minimum absolute atomic E-state index is 0.359. The van der Waals surface area contributed by atoms with Crippen LogP contribution < -0.4 is 10.6 Å². The fourth-order valence-corrected chi connectivity index (χ4v) is 4.10. The summed E-state index contributed by atoms with van der Waals surface area (Å²) in [5, 5.41) is 7.20. The van der Waals surface area contributed by atoms with E-state index in [4.69, 9.17) is 0 Å². The summed E-state index contributed by atoms with van der Waals surface area (Å²) in [6.45, 7) is 1.13. The third-order valence-corrected chi connectivity index (χ3v) is 5.99. The highest BCUT2D eigenvalue weighted by Gasteiger charge is 2.49. The van der Waals surface area contributed by atoms with E-state index in [1.807, 2.05) is 36.4 Å². The quantitative estimate of drug-likeness (QED) is 0.422. The number of nitrogens with one attached hydrogen (secondary N) is 2. The molecule has 1 unspecified atom stereocenters. The lowest BCUT2D eigenvalue weighted by Crippen LogP contribution is -2.42. The van der Waals surface area contributed by atoms with Gasteiger partial charge in [0.2, 0.25) is 5.91 Å². The Hall–Kier alpha value is -3.46. The summed E-state index contributed by atoms with van der Waals surface area (Å²) in [6, 6.07) is 18.4. The molecule has 0 saturated carbocycles. The lowest BCUT2D eigenvalue weighted by Gasteiger charge is -2.22. The molecule has 0 aliphatic carbocycles. The Kier molecular flexibility index (Phi) is 5.84. The number of thioether (sulfide) groups is 1. The number of urea groups is 1. The molecule has 6 nitrogen and oxygen atoms in total. The van der Waals surface area contributed by atoms with Crippen LogP contribution in [-0.4, -0.2) is 35.0 Å². The lowest BCUT2D eigenvalue weighted by atomic mass is 9.90. The smallest absolute Gasteiger partial charge is 0.325 e. The van der Waals surface area contributed by atoms with Crippen molar-refractivity contribution >= 4 is 46.1 Å². The van der Waals surface area contributed by atoms with Gasteiger partial charge in [-0.2, -0.15) is 8.78 Å². The van der Waals surface area contributed by atoms with Crippen molar-refractivity contribution in [2.45, 2.75) is 23.1 Å². The minimum atomic E-state index is -2.54. The second-order valence-corrected chi connectivity index (χ2v) is 8.52. The molecule has 0 radical (unpaired) electrons. The molecule has 0 spiro atoms. The van der Waals surface area contributed by atoms with Crippen molar-refractivity contribution < 1.29 is 23.2 Å². The Morgan fingerprint density at radius 1 is 1.06 bits per heavy atom. The molecule has 0 aromatic heterocycles. The van der Waals surface area contributed by atoms with Crippen molar-refractivity contribution in [1.29, 1.82) is 0 Å². The third-order valence-electron chi connectivity index (χ3n) is 5.27. The average molecular weight is 455 g/mol. The number of anilines is 1. The van der Waals surface area contributed by atoms with Crippen LogP contribution in [0.5, 0.6) is 0 Å². The minimum Gasteiger partial charge on any atom is -0.325 e. The first-order valence-electron chi connectivity index (χ1n) is 9.74. The van der Waals surface area contributed by atoms with Gasteiger partial charge in [-0.15, -0.1) is 0 Å². The number of hydrogen-bond donors (Lipinski definition) is 2. The number of benzene rings is 3. The number of nitrogens with zero attached hydrogens (tertiary/aromatic N) is 1. The van der Waals surface area contributed by atoms with Crippen LogP contribution in [0.2, 0.25) is 0 Å². The van der Waals surface area contributed by atoms with Gasteiger partial charge in [0.25, 0.3) is 11.7 Å². The Labute approximate surface area is 187 Å². The van der Waals surface area contributed by atoms with Gasteiger partial charge in [-0.3, -0.25) is 14.5 Å². The lowest BCUT2D eigenvalue weighted by molar-refractivity contribution is -0.133. The first-order valence-corrected chi connectivity index (χ1v) is 10.6. The molecule has 32 heavy (non-hydrogen) atoms. The summed E-state index contributed by atoms with van der Waals surface area (Å²) in [7, 11) is 0. The fourth-order valence-electron chi connectivity index (χ4n) is 3.60. The molecular formula is C23H19F2N3O3S. The molecule has 3 aromatic rings. The van der Waals surface area contributed by atoms with E-state index < -0.39 is 35.7 Å². The van der Waals surface area contributed by atoms with E-state index in [-0.39, 0.29) is 0 Å². The number of imide groups is 1. The van der Waals surface area contributed by atoms with Crippen LogP contribution in [0.3, 0.4) is 0 Å². The van der Waals surface area contributed by atoms with Crippen LogP contribution in [-0.2, 0) is 15.1 Å². The number of rotatable bonds is 6. The zero-order chi connectivity index (χ0) is 22.9. The Morgan fingerprint density at radius 2 is 1.75 bits per heavy atom. The number of fused-ring (bicyclic) bond motifs is 1. The molecular weight excluding hydrogens is 436 g/mol. The van der Waals surface area contributed by atoms with Crippen molar-refractivity contribution in [3.8, 4) is 0 Å². The summed E-state index contributed by atoms with van der Waals surface area (Å²) < 4.78 is 24.8. The van der Waals surface area contributed by atoms with Gasteiger partial charge in [-0.05, 0) is 53.6 Å². The zero-order valence-corrected chi connectivity index (χ0v) is 17.8. The maximum Gasteiger partial charge on any atom is 0.325 e. The highest BCUT2D eigenvalue weighted by atomic mass is 32.2. The SMILES string of the molecule is CC1(c2ccc3ccccc3c2)NC(=O)N(CC(=O)Nc2ccc(SC(F)F)cc2)C1=O. The molecule has 4 rings (SSSR count). The van der Waals surface area contributed by atoms with Crippen LogP contribution in [0.1, 0.15) is 12.5 Å². The summed E-state index contributed by atoms with van der Waals surface area (Å²) in [5.74, 6) is -3.64. The van der Waals surface area contributed by atoms with Gasteiger partial charge in [0.1, 0.15) is 12.1 Å². The van der Waals surface area contributed by atoms with Crippen LogP contribution in [0.15, 0.2) is 71.6 Å². The van der Waals surface area contributed by atoms with Crippen molar-refractivity contribution in [1.82, 2.24) is 10.2 Å². The molecule has 1 heterocycles. The predicted molar refractivity (Wildman–Crippen MR) is 118 cm³/mol. The van der Waals surface area contributed by atoms with Crippen molar-refractivity contribution in [3.63, 3.8) is 0 Å². The van der Waals surface area contributed by atoms with E-state index in [0.717, 1.165) is 15.7 Å². The molecule has 1 atom stereocenters. The molecule has 1 fully saturated rings. The van der Waals surface area contributed by atoms with Gasteiger partial charge in [-0.25, -0.2) is 4.79 Å². The molecule has 1 aliphatic rings. The summed E-state index contributed by atoms with van der Waals surface area (Å²) in [6.07, 6.45) is 0. The summed E-state index contributed by atoms with van der Waals surface area (Å²) >= 11 is 0.399. The Bertz CT molecular complexity index is 1200. The molecule has 0 bridgehead atoms. The number of alkyl halides is 2. The number of halogens is 2. The zero-order valence-electron chi connectivity index (χ0n) is 17.0. The van der Waals surface area contributed by atoms with Crippen molar-refractivity contribution in [2.24, 2.45) is 0 Å². The normalized spacial score (nSPS) is 18.3. The molecule has 3 aromatic carbocycles. The van der Waals surface area contributed by atoms with Crippen LogP contribution in [0, 0.1) is 0 Å². The average Bonchev–Trinajstić information content (AvgIpc) is 2.98. The van der Waals surface area contributed by atoms with E-state index >= 15 is 0 Å². The number of hydrogen-bond acceptors (Lipinski definition) is 4. The van der Waals surface area contributed by atoms with Crippen molar-refractivity contribution in [2.75, 3.05) is 11.9 Å². The van der Waals surface area contributed by atoms with E-state index in [0.29, 0.717) is 27.9 Å². The molecule has 1 aliphatic heterocycles. The van der Waals surface area contributed by atoms with Gasteiger partial charge in [0.15, 0.2) is 0 Å². The second-order valence-electron chi connectivity index (χ2n) is 7.46. The first kappa shape index (κ1) is 21.8. The Balaban J connectivity index is 1.46. The molecule has 2 N–H and O–H groups in total.